The Bertz CT molecular complexity index is 3840. The van der Waals surface area contributed by atoms with Crippen LogP contribution in [-0.4, -0.2) is 269 Å². The van der Waals surface area contributed by atoms with Gasteiger partial charge in [0, 0.05) is 31.7 Å². The maximum Gasteiger partial charge on any atom is 0.326 e. The molecule has 0 saturated heterocycles. The minimum absolute atomic E-state index is 0.00192. The van der Waals surface area contributed by atoms with E-state index in [2.05, 4.69) is 102 Å². The number of guanidine groups is 2. The number of hydrogen-bond acceptors (Lipinski definition) is 25. The lowest BCUT2D eigenvalue weighted by Gasteiger charge is -2.30. The number of aliphatic hydroxyl groups is 1. The molecule has 47 heteroatoms. The molecular weight excluding hydrogens is 1680 g/mol. The number of aliphatic imine (C=N–C) groups is 2. The van der Waals surface area contributed by atoms with E-state index < -0.39 is 228 Å². The summed E-state index contributed by atoms with van der Waals surface area (Å²) in [4.78, 5) is 253. The lowest BCUT2D eigenvalue weighted by atomic mass is 9.95. The van der Waals surface area contributed by atoms with Crippen LogP contribution in [0, 0.1) is 23.7 Å². The van der Waals surface area contributed by atoms with Crippen molar-refractivity contribution in [3.05, 3.63) is 35.9 Å². The number of amides is 16. The Balaban J connectivity index is 3.51. The molecule has 0 aromatic heterocycles. The van der Waals surface area contributed by atoms with E-state index in [0.717, 1.165) is 6.92 Å². The van der Waals surface area contributed by atoms with Crippen LogP contribution in [-0.2, 0) is 92.7 Å². The number of carboxylic acids is 2. The zero-order chi connectivity index (χ0) is 96.3. The van der Waals surface area contributed by atoms with E-state index in [9.17, 15) is 102 Å². The largest absolute Gasteiger partial charge is 0.481 e. The summed E-state index contributed by atoms with van der Waals surface area (Å²) in [5.74, 6) is -20.6. The van der Waals surface area contributed by atoms with Gasteiger partial charge in [-0.15, -0.1) is 0 Å². The van der Waals surface area contributed by atoms with Crippen LogP contribution in [0.5, 0.6) is 0 Å². The molecule has 716 valence electrons. The number of aliphatic carboxylic acids is 2. The van der Waals surface area contributed by atoms with Gasteiger partial charge in [-0.2, -0.15) is 12.6 Å². The fourth-order valence-corrected chi connectivity index (χ4v) is 12.7. The number of nitrogens with two attached hydrogens (primary N) is 8. The minimum atomic E-state index is -1.90. The molecule has 16 amide bonds. The highest BCUT2D eigenvalue weighted by Crippen LogP contribution is 2.17. The van der Waals surface area contributed by atoms with Crippen LogP contribution in [0.2, 0.25) is 0 Å². The van der Waals surface area contributed by atoms with Gasteiger partial charge >= 0.3 is 11.9 Å². The molecule has 0 radical (unpaired) electrons. The van der Waals surface area contributed by atoms with Gasteiger partial charge in [-0.3, -0.25) is 91.5 Å². The average Bonchev–Trinajstić information content (AvgIpc) is 0.839. The van der Waals surface area contributed by atoms with Gasteiger partial charge in [-0.05, 0) is 140 Å². The SMILES string of the molecule is CC[C@H](C)[C@H](NC(=O)[C@H](Cc1ccccc1)NC(=O)[C@H](CS)NC(=O)[C@@H](N)CCCN=C(N)N)C(=O)NCC(=O)N[C@@H](CC(=O)O)C(=O)NCC(=O)N[C@@H](CCCCN)C(=O)N[C@H](C(=O)N[C@@H](CCCN=C(N)N)C(=O)N[C@@H](CC(C)C)C(=O)N[C@H](C(=O)N[C@@H](CC(C)C)C(=O)N[C@@H](CCCCN)C(=O)N[C@@H](C)C(=O)N[C@@H](CCC(N)=O)C(=O)O)[C@@H](C)CC)[C@@H](C)O. The predicted octanol–water partition coefficient (Wildman–Crippen LogP) is -7.20. The number of nitrogens with zero attached hydrogens (tertiary/aromatic N) is 2. The summed E-state index contributed by atoms with van der Waals surface area (Å²) in [7, 11) is 0. The molecule has 1 rings (SSSR count). The van der Waals surface area contributed by atoms with Crippen molar-refractivity contribution in [2.45, 2.75) is 276 Å². The summed E-state index contributed by atoms with van der Waals surface area (Å²) in [6.45, 7) is 14.7. The summed E-state index contributed by atoms with van der Waals surface area (Å²) in [6.07, 6.45) is -1.83. The highest BCUT2D eigenvalue weighted by Gasteiger charge is 2.40. The van der Waals surface area contributed by atoms with Crippen molar-refractivity contribution in [3.63, 3.8) is 0 Å². The molecule has 0 bridgehead atoms. The van der Waals surface area contributed by atoms with Crippen LogP contribution in [0.1, 0.15) is 184 Å². The first-order chi connectivity index (χ1) is 59.7. The molecule has 127 heavy (non-hydrogen) atoms. The number of carbonyl (C=O) groups excluding carboxylic acids is 16. The Morgan fingerprint density at radius 1 is 0.402 bits per heavy atom. The number of rotatable bonds is 64. The third-order valence-electron chi connectivity index (χ3n) is 20.0. The van der Waals surface area contributed by atoms with E-state index >= 15 is 0 Å². The maximum absolute atomic E-state index is 14.7. The molecule has 0 aliphatic heterocycles. The molecule has 34 N–H and O–H groups in total. The van der Waals surface area contributed by atoms with E-state index in [1.807, 2.05) is 0 Å². The van der Waals surface area contributed by atoms with E-state index in [4.69, 9.17) is 45.9 Å². The number of hydrogen-bond donors (Lipinski definition) is 27. The molecule has 1 aromatic carbocycles. The van der Waals surface area contributed by atoms with Gasteiger partial charge < -0.3 is 141 Å². The number of nitrogens with one attached hydrogen (secondary N) is 15. The van der Waals surface area contributed by atoms with Crippen molar-refractivity contribution in [1.29, 1.82) is 0 Å². The topological polar surface area (TPSA) is 781 Å². The van der Waals surface area contributed by atoms with Crippen molar-refractivity contribution in [1.82, 2.24) is 79.8 Å². The van der Waals surface area contributed by atoms with E-state index in [1.54, 1.807) is 85.7 Å². The first-order valence-electron chi connectivity index (χ1n) is 42.5. The number of carbonyl (C=O) groups is 18. The van der Waals surface area contributed by atoms with Crippen LogP contribution in [0.15, 0.2) is 40.3 Å². The molecule has 0 unspecified atom stereocenters. The lowest BCUT2D eigenvalue weighted by molar-refractivity contribution is -0.142. The zero-order valence-corrected chi connectivity index (χ0v) is 75.1. The molecule has 17 atom stereocenters. The summed E-state index contributed by atoms with van der Waals surface area (Å²) in [5.41, 5.74) is 45.2. The maximum atomic E-state index is 14.7. The van der Waals surface area contributed by atoms with Gasteiger partial charge in [0.15, 0.2) is 11.9 Å². The molecule has 0 spiro atoms. The van der Waals surface area contributed by atoms with Crippen molar-refractivity contribution in [2.75, 3.05) is 45.0 Å². The molecule has 0 fully saturated rings. The van der Waals surface area contributed by atoms with Crippen LogP contribution in [0.25, 0.3) is 0 Å². The van der Waals surface area contributed by atoms with Gasteiger partial charge in [0.25, 0.3) is 0 Å². The summed E-state index contributed by atoms with van der Waals surface area (Å²) >= 11 is 4.24. The second-order valence-electron chi connectivity index (χ2n) is 32.0. The van der Waals surface area contributed by atoms with Crippen molar-refractivity contribution >= 4 is 131 Å². The summed E-state index contributed by atoms with van der Waals surface area (Å²) in [6, 6.07) is -11.9. The monoisotopic (exact) mass is 1820 g/mol. The van der Waals surface area contributed by atoms with Gasteiger partial charge in [0.2, 0.25) is 94.5 Å². The number of unbranched alkanes of at least 4 members (excludes halogenated alkanes) is 2. The molecule has 0 heterocycles. The average molecular weight is 1820 g/mol. The Kier molecular flexibility index (Phi) is 54.4. The molecule has 1 aromatic rings. The standard InChI is InChI=1S/C80H139N25O21S/c1-11-43(7)62(103-73(120)55(36-47-22-14-13-15-23-47)100-74(121)57(40-127)102-66(113)48(83)24-20-32-89-79(85)86)75(122)92-39-60(109)95-56(37-61(110)111)67(114)91-38-59(108)94-49(25-16-18-30-81)70(117)105-64(46(10)106)77(124)97-51(27-21-33-90-80(87)88)69(116)99-54(35-42(5)6)72(119)104-63(44(8)12-2)76(123)101-53(34-41(3)4)71(118)96-50(26-17-19-31-82)68(115)93-45(9)65(112)98-52(78(125)126)28-29-58(84)107/h13-15,22-23,41-46,48-57,62-64,106,127H,11-12,16-21,24-40,81-83H2,1-10H3,(H2,84,107)(H,91,114)(H,92,122)(H,93,115)(H,94,108)(H,95,109)(H,96,118)(H,97,124)(H,98,112)(H,99,116)(H,100,121)(H,101,123)(H,102,113)(H,103,120)(H,104,119)(H,105,117)(H,110,111)(H,125,126)(H4,85,86,89)(H4,87,88,90)/t43-,44-,45-,46+,48-,49-,50-,51-,52-,53-,54-,55-,56-,57-,62-,63-,64-/m0/s1. The van der Waals surface area contributed by atoms with Crippen molar-refractivity contribution in [2.24, 2.45) is 79.5 Å². The number of thiol groups is 1. The van der Waals surface area contributed by atoms with Gasteiger partial charge in [-0.1, -0.05) is 98.6 Å². The Hall–Kier alpha value is -11.6. The Labute approximate surface area is 745 Å². The number of carboxylic acid groups (broad SMARTS) is 2. The van der Waals surface area contributed by atoms with E-state index in [1.165, 1.54) is 6.92 Å². The van der Waals surface area contributed by atoms with Gasteiger partial charge in [0.1, 0.15) is 78.5 Å². The fraction of sp³-hybridized carbons (Fsp3) is 0.675. The molecule has 0 saturated carbocycles. The molecular formula is C80H139N25O21S. The summed E-state index contributed by atoms with van der Waals surface area (Å²) in [5, 5.41) is 68.0. The normalized spacial score (nSPS) is 15.1. The molecule has 46 nitrogen and oxygen atoms in total. The van der Waals surface area contributed by atoms with Crippen molar-refractivity contribution in [3.8, 4) is 0 Å². The van der Waals surface area contributed by atoms with Gasteiger partial charge in [0.05, 0.1) is 31.7 Å². The van der Waals surface area contributed by atoms with Crippen LogP contribution in [0.4, 0.5) is 0 Å². The van der Waals surface area contributed by atoms with Gasteiger partial charge in [-0.25, -0.2) is 4.79 Å². The first kappa shape index (κ1) is 113. The quantitative estimate of drug-likeness (QED) is 0.0125. The number of aliphatic hydroxyl groups excluding tert-OH is 1. The second-order valence-corrected chi connectivity index (χ2v) is 32.3. The molecule has 0 aliphatic rings. The number of benzene rings is 1. The zero-order valence-electron chi connectivity index (χ0n) is 74.2. The predicted molar refractivity (Wildman–Crippen MR) is 472 cm³/mol. The molecule has 0 aliphatic carbocycles. The second kappa shape index (κ2) is 60.9. The lowest BCUT2D eigenvalue weighted by Crippen LogP contribution is -2.62. The highest BCUT2D eigenvalue weighted by atomic mass is 32.1. The van der Waals surface area contributed by atoms with Crippen molar-refractivity contribution < 1.29 is 102 Å². The Morgan fingerprint density at radius 3 is 1.26 bits per heavy atom. The minimum Gasteiger partial charge on any atom is -0.481 e. The third-order valence-corrected chi connectivity index (χ3v) is 20.4. The van der Waals surface area contributed by atoms with Crippen LogP contribution < -0.4 is 126 Å². The number of primary amides is 1. The Morgan fingerprint density at radius 2 is 0.787 bits per heavy atom. The highest BCUT2D eigenvalue weighted by molar-refractivity contribution is 7.80. The smallest absolute Gasteiger partial charge is 0.326 e. The van der Waals surface area contributed by atoms with Crippen LogP contribution in [0.3, 0.4) is 0 Å². The third kappa shape index (κ3) is 45.9. The first-order valence-corrected chi connectivity index (χ1v) is 43.2. The van der Waals surface area contributed by atoms with E-state index in [0.29, 0.717) is 31.2 Å². The fourth-order valence-electron chi connectivity index (χ4n) is 12.5. The van der Waals surface area contributed by atoms with E-state index in [-0.39, 0.29) is 139 Å². The van der Waals surface area contributed by atoms with Crippen LogP contribution >= 0.6 is 12.6 Å². The summed E-state index contributed by atoms with van der Waals surface area (Å²) < 4.78 is 0.